The molecule has 1 aromatic heterocycles. The van der Waals surface area contributed by atoms with E-state index in [-0.39, 0.29) is 6.42 Å². The van der Waals surface area contributed by atoms with Crippen molar-refractivity contribution in [2.45, 2.75) is 13.0 Å². The van der Waals surface area contributed by atoms with Crippen molar-refractivity contribution in [1.82, 2.24) is 4.57 Å². The van der Waals surface area contributed by atoms with Gasteiger partial charge in [0, 0.05) is 23.6 Å². The molecule has 3 heteroatoms. The van der Waals surface area contributed by atoms with Crippen LogP contribution in [0.15, 0.2) is 43.1 Å². The number of aromatic nitrogens is 1. The molecule has 2 rings (SSSR count). The van der Waals surface area contributed by atoms with Crippen LogP contribution in [0.1, 0.15) is 5.56 Å². The normalized spacial score (nSPS) is 10.5. The summed E-state index contributed by atoms with van der Waals surface area (Å²) in [5, 5.41) is 9.84. The lowest BCUT2D eigenvalue weighted by molar-refractivity contribution is -0.136. The van der Waals surface area contributed by atoms with Gasteiger partial charge in [-0.3, -0.25) is 4.79 Å². The standard InChI is InChI=1S/C13H13NO2/c1-2-7-14-9-10(8-13(15)16)11-5-3-4-6-12(11)14/h2-6,9H,1,7-8H2,(H,15,16). The molecule has 3 nitrogen and oxygen atoms in total. The van der Waals surface area contributed by atoms with Crippen molar-refractivity contribution >= 4 is 16.9 Å². The number of carboxylic acid groups (broad SMARTS) is 1. The Kier molecular flexibility index (Phi) is 2.77. The van der Waals surface area contributed by atoms with Crippen LogP contribution in [0.25, 0.3) is 10.9 Å². The van der Waals surface area contributed by atoms with Gasteiger partial charge in [0.15, 0.2) is 0 Å². The van der Waals surface area contributed by atoms with E-state index in [4.69, 9.17) is 5.11 Å². The van der Waals surface area contributed by atoms with E-state index in [2.05, 4.69) is 6.58 Å². The van der Waals surface area contributed by atoms with Crippen LogP contribution in [0.4, 0.5) is 0 Å². The van der Waals surface area contributed by atoms with E-state index in [0.717, 1.165) is 16.5 Å². The molecular formula is C13H13NO2. The van der Waals surface area contributed by atoms with Gasteiger partial charge in [-0.15, -0.1) is 6.58 Å². The van der Waals surface area contributed by atoms with E-state index in [1.165, 1.54) is 0 Å². The Balaban J connectivity index is 2.56. The molecule has 1 heterocycles. The van der Waals surface area contributed by atoms with Gasteiger partial charge in [0.25, 0.3) is 0 Å². The second-order valence-corrected chi connectivity index (χ2v) is 3.68. The summed E-state index contributed by atoms with van der Waals surface area (Å²) in [4.78, 5) is 10.8. The average Bonchev–Trinajstić information content (AvgIpc) is 2.58. The second-order valence-electron chi connectivity index (χ2n) is 3.68. The maximum Gasteiger partial charge on any atom is 0.307 e. The zero-order chi connectivity index (χ0) is 11.5. The quantitative estimate of drug-likeness (QED) is 0.796. The van der Waals surface area contributed by atoms with Crippen molar-refractivity contribution in [2.75, 3.05) is 0 Å². The van der Waals surface area contributed by atoms with Crippen LogP contribution < -0.4 is 0 Å². The number of allylic oxidation sites excluding steroid dienone is 1. The third kappa shape index (κ3) is 1.84. The first-order valence-corrected chi connectivity index (χ1v) is 5.12. The Morgan fingerprint density at radius 3 is 2.88 bits per heavy atom. The maximum atomic E-state index is 10.8. The molecule has 0 atom stereocenters. The van der Waals surface area contributed by atoms with Gasteiger partial charge in [-0.25, -0.2) is 0 Å². The first-order valence-electron chi connectivity index (χ1n) is 5.12. The van der Waals surface area contributed by atoms with E-state index in [9.17, 15) is 4.79 Å². The average molecular weight is 215 g/mol. The minimum absolute atomic E-state index is 0.0602. The van der Waals surface area contributed by atoms with Crippen LogP contribution >= 0.6 is 0 Å². The molecule has 0 radical (unpaired) electrons. The van der Waals surface area contributed by atoms with Crippen LogP contribution in [0.2, 0.25) is 0 Å². The van der Waals surface area contributed by atoms with E-state index >= 15 is 0 Å². The number of carboxylic acids is 1. The predicted molar refractivity (Wildman–Crippen MR) is 63.5 cm³/mol. The third-order valence-corrected chi connectivity index (χ3v) is 2.54. The molecule has 0 bridgehead atoms. The molecule has 16 heavy (non-hydrogen) atoms. The number of carbonyl (C=O) groups is 1. The number of fused-ring (bicyclic) bond motifs is 1. The fourth-order valence-corrected chi connectivity index (χ4v) is 1.92. The highest BCUT2D eigenvalue weighted by Crippen LogP contribution is 2.21. The summed E-state index contributed by atoms with van der Waals surface area (Å²) in [6, 6.07) is 7.82. The van der Waals surface area contributed by atoms with Crippen LogP contribution in [0.5, 0.6) is 0 Å². The van der Waals surface area contributed by atoms with E-state index in [0.29, 0.717) is 6.54 Å². The van der Waals surface area contributed by atoms with Crippen molar-refractivity contribution in [3.05, 3.63) is 48.7 Å². The number of aliphatic carboxylic acids is 1. The monoisotopic (exact) mass is 215 g/mol. The summed E-state index contributed by atoms with van der Waals surface area (Å²) in [5.41, 5.74) is 1.91. The zero-order valence-electron chi connectivity index (χ0n) is 8.89. The van der Waals surface area contributed by atoms with Gasteiger partial charge in [-0.1, -0.05) is 24.3 Å². The Hall–Kier alpha value is -2.03. The Labute approximate surface area is 93.6 Å². The van der Waals surface area contributed by atoms with Gasteiger partial charge in [0.1, 0.15) is 0 Å². The second kappa shape index (κ2) is 4.23. The molecule has 82 valence electrons. The van der Waals surface area contributed by atoms with Crippen molar-refractivity contribution in [1.29, 1.82) is 0 Å². The van der Waals surface area contributed by atoms with Crippen LogP contribution in [-0.2, 0) is 17.8 Å². The predicted octanol–water partition coefficient (Wildman–Crippen LogP) is 2.45. The minimum atomic E-state index is -0.804. The Morgan fingerprint density at radius 1 is 1.44 bits per heavy atom. The van der Waals surface area contributed by atoms with Crippen LogP contribution in [0, 0.1) is 0 Å². The summed E-state index contributed by atoms with van der Waals surface area (Å²) in [7, 11) is 0. The zero-order valence-corrected chi connectivity index (χ0v) is 8.89. The Morgan fingerprint density at radius 2 is 2.19 bits per heavy atom. The number of hydrogen-bond acceptors (Lipinski definition) is 1. The Bertz CT molecular complexity index is 540. The minimum Gasteiger partial charge on any atom is -0.481 e. The fraction of sp³-hybridized carbons (Fsp3) is 0.154. The maximum absolute atomic E-state index is 10.8. The lowest BCUT2D eigenvalue weighted by atomic mass is 10.1. The molecular weight excluding hydrogens is 202 g/mol. The molecule has 1 aromatic carbocycles. The molecule has 0 spiro atoms. The summed E-state index contributed by atoms with van der Waals surface area (Å²) in [6.07, 6.45) is 3.75. The van der Waals surface area contributed by atoms with Crippen molar-refractivity contribution in [3.8, 4) is 0 Å². The number of hydrogen-bond donors (Lipinski definition) is 1. The number of nitrogens with zero attached hydrogens (tertiary/aromatic N) is 1. The lowest BCUT2D eigenvalue weighted by Gasteiger charge is -1.99. The molecule has 1 N–H and O–H groups in total. The van der Waals surface area contributed by atoms with Gasteiger partial charge < -0.3 is 9.67 Å². The molecule has 2 aromatic rings. The number of para-hydroxylation sites is 1. The van der Waals surface area contributed by atoms with E-state index in [1.807, 2.05) is 35.0 Å². The molecule has 0 aliphatic rings. The van der Waals surface area contributed by atoms with Gasteiger partial charge in [-0.2, -0.15) is 0 Å². The van der Waals surface area contributed by atoms with E-state index < -0.39 is 5.97 Å². The number of benzene rings is 1. The lowest BCUT2D eigenvalue weighted by Crippen LogP contribution is -1.99. The largest absolute Gasteiger partial charge is 0.481 e. The first-order chi connectivity index (χ1) is 7.72. The smallest absolute Gasteiger partial charge is 0.307 e. The van der Waals surface area contributed by atoms with E-state index in [1.54, 1.807) is 6.08 Å². The highest BCUT2D eigenvalue weighted by atomic mass is 16.4. The number of rotatable bonds is 4. The van der Waals surface area contributed by atoms with Crippen molar-refractivity contribution < 1.29 is 9.90 Å². The van der Waals surface area contributed by atoms with Crippen molar-refractivity contribution in [2.24, 2.45) is 0 Å². The molecule has 0 fully saturated rings. The molecule has 0 aliphatic carbocycles. The molecule has 0 unspecified atom stereocenters. The molecule has 0 amide bonds. The molecule has 0 saturated heterocycles. The first kappa shape index (κ1) is 10.5. The topological polar surface area (TPSA) is 42.2 Å². The van der Waals surface area contributed by atoms with Crippen LogP contribution in [-0.4, -0.2) is 15.6 Å². The molecule has 0 saturated carbocycles. The van der Waals surface area contributed by atoms with Crippen molar-refractivity contribution in [3.63, 3.8) is 0 Å². The summed E-state index contributed by atoms with van der Waals surface area (Å²) < 4.78 is 2.01. The summed E-state index contributed by atoms with van der Waals surface area (Å²) in [5.74, 6) is -0.804. The highest BCUT2D eigenvalue weighted by molar-refractivity contribution is 5.87. The van der Waals surface area contributed by atoms with Gasteiger partial charge in [0.05, 0.1) is 6.42 Å². The summed E-state index contributed by atoms with van der Waals surface area (Å²) >= 11 is 0. The van der Waals surface area contributed by atoms with Gasteiger partial charge in [-0.05, 0) is 11.6 Å². The van der Waals surface area contributed by atoms with Gasteiger partial charge >= 0.3 is 5.97 Å². The molecule has 0 aliphatic heterocycles. The third-order valence-electron chi connectivity index (χ3n) is 2.54. The summed E-state index contributed by atoms with van der Waals surface area (Å²) in [6.45, 7) is 4.39. The van der Waals surface area contributed by atoms with Crippen LogP contribution in [0.3, 0.4) is 0 Å². The fourth-order valence-electron chi connectivity index (χ4n) is 1.92. The van der Waals surface area contributed by atoms with Gasteiger partial charge in [0.2, 0.25) is 0 Å². The highest BCUT2D eigenvalue weighted by Gasteiger charge is 2.09. The SMILES string of the molecule is C=CCn1cc(CC(=O)O)c2ccccc21.